The lowest BCUT2D eigenvalue weighted by atomic mass is 10.1. The SMILES string of the molecule is CCn1cc(Oc2ncnc(Cl)c2C(C)C)cn1. The molecule has 0 radical (unpaired) electrons. The minimum Gasteiger partial charge on any atom is -0.435 e. The van der Waals surface area contributed by atoms with Crippen molar-refractivity contribution < 1.29 is 4.74 Å². The van der Waals surface area contributed by atoms with E-state index in [1.54, 1.807) is 10.9 Å². The molecule has 0 saturated carbocycles. The highest BCUT2D eigenvalue weighted by Crippen LogP contribution is 2.32. The molecule has 2 aromatic heterocycles. The lowest BCUT2D eigenvalue weighted by Gasteiger charge is -2.11. The summed E-state index contributed by atoms with van der Waals surface area (Å²) in [6.07, 6.45) is 4.87. The van der Waals surface area contributed by atoms with Crippen molar-refractivity contribution in [2.24, 2.45) is 0 Å². The topological polar surface area (TPSA) is 52.8 Å². The van der Waals surface area contributed by atoms with Crippen LogP contribution in [0.5, 0.6) is 11.6 Å². The lowest BCUT2D eigenvalue weighted by molar-refractivity contribution is 0.450. The summed E-state index contributed by atoms with van der Waals surface area (Å²) in [5.41, 5.74) is 0.809. The Morgan fingerprint density at radius 3 is 2.78 bits per heavy atom. The normalized spacial score (nSPS) is 10.9. The third kappa shape index (κ3) is 2.61. The summed E-state index contributed by atoms with van der Waals surface area (Å²) in [6.45, 7) is 6.85. The number of aryl methyl sites for hydroxylation is 1. The minimum absolute atomic E-state index is 0.190. The van der Waals surface area contributed by atoms with Crippen LogP contribution in [0.2, 0.25) is 5.15 Å². The van der Waals surface area contributed by atoms with Crippen LogP contribution in [-0.4, -0.2) is 19.7 Å². The van der Waals surface area contributed by atoms with Gasteiger partial charge in [-0.15, -0.1) is 0 Å². The lowest BCUT2D eigenvalue weighted by Crippen LogP contribution is -1.99. The van der Waals surface area contributed by atoms with Gasteiger partial charge in [0.25, 0.3) is 0 Å². The summed E-state index contributed by atoms with van der Waals surface area (Å²) in [7, 11) is 0. The van der Waals surface area contributed by atoms with Crippen molar-refractivity contribution in [3.63, 3.8) is 0 Å². The summed E-state index contributed by atoms with van der Waals surface area (Å²) in [5.74, 6) is 1.32. The van der Waals surface area contributed by atoms with E-state index in [1.807, 2.05) is 27.0 Å². The maximum Gasteiger partial charge on any atom is 0.227 e. The molecule has 0 aromatic carbocycles. The van der Waals surface area contributed by atoms with Crippen LogP contribution >= 0.6 is 11.6 Å². The average Bonchev–Trinajstić information content (AvgIpc) is 2.76. The van der Waals surface area contributed by atoms with E-state index in [-0.39, 0.29) is 5.92 Å². The Kier molecular flexibility index (Phi) is 3.81. The van der Waals surface area contributed by atoms with Gasteiger partial charge in [0.15, 0.2) is 5.75 Å². The van der Waals surface area contributed by atoms with E-state index in [2.05, 4.69) is 15.1 Å². The van der Waals surface area contributed by atoms with Crippen molar-refractivity contribution in [3.8, 4) is 11.6 Å². The Morgan fingerprint density at radius 1 is 1.39 bits per heavy atom. The van der Waals surface area contributed by atoms with Crippen molar-refractivity contribution >= 4 is 11.6 Å². The van der Waals surface area contributed by atoms with E-state index in [0.717, 1.165) is 12.1 Å². The summed E-state index contributed by atoms with van der Waals surface area (Å²) >= 11 is 6.07. The number of hydrogen-bond acceptors (Lipinski definition) is 4. The highest BCUT2D eigenvalue weighted by atomic mass is 35.5. The van der Waals surface area contributed by atoms with Gasteiger partial charge in [-0.2, -0.15) is 5.10 Å². The molecule has 96 valence electrons. The first kappa shape index (κ1) is 12.8. The number of aromatic nitrogens is 4. The molecule has 0 saturated heterocycles. The fourth-order valence-electron chi connectivity index (χ4n) is 1.61. The van der Waals surface area contributed by atoms with E-state index in [0.29, 0.717) is 16.8 Å². The third-order valence-corrected chi connectivity index (χ3v) is 2.83. The molecule has 0 aliphatic carbocycles. The van der Waals surface area contributed by atoms with Crippen LogP contribution in [0.3, 0.4) is 0 Å². The van der Waals surface area contributed by atoms with Crippen LogP contribution < -0.4 is 4.74 Å². The van der Waals surface area contributed by atoms with Gasteiger partial charge in [-0.05, 0) is 12.8 Å². The van der Waals surface area contributed by atoms with E-state index in [9.17, 15) is 0 Å². The standard InChI is InChI=1S/C12H15ClN4O/c1-4-17-6-9(5-16-17)18-12-10(8(2)3)11(13)14-7-15-12/h5-8H,4H2,1-3H3. The van der Waals surface area contributed by atoms with Gasteiger partial charge in [0, 0.05) is 6.54 Å². The number of ether oxygens (including phenoxy) is 1. The maximum atomic E-state index is 6.07. The molecule has 2 aromatic rings. The maximum absolute atomic E-state index is 6.07. The fourth-order valence-corrected chi connectivity index (χ4v) is 1.95. The van der Waals surface area contributed by atoms with Crippen LogP contribution in [0.15, 0.2) is 18.7 Å². The molecule has 0 amide bonds. The van der Waals surface area contributed by atoms with Crippen molar-refractivity contribution in [1.29, 1.82) is 0 Å². The summed E-state index contributed by atoms with van der Waals surface area (Å²) in [4.78, 5) is 8.11. The first-order chi connectivity index (χ1) is 8.61. The van der Waals surface area contributed by atoms with Gasteiger partial charge in [-0.3, -0.25) is 4.68 Å². The van der Waals surface area contributed by atoms with E-state index in [1.165, 1.54) is 6.33 Å². The van der Waals surface area contributed by atoms with Gasteiger partial charge in [0.05, 0.1) is 18.0 Å². The quantitative estimate of drug-likeness (QED) is 0.797. The average molecular weight is 267 g/mol. The summed E-state index contributed by atoms with van der Waals surface area (Å²) < 4.78 is 7.50. The van der Waals surface area contributed by atoms with Gasteiger partial charge < -0.3 is 4.74 Å². The number of hydrogen-bond donors (Lipinski definition) is 0. The molecule has 0 bridgehead atoms. The molecule has 0 spiro atoms. The van der Waals surface area contributed by atoms with Crippen molar-refractivity contribution in [2.45, 2.75) is 33.2 Å². The first-order valence-corrected chi connectivity index (χ1v) is 6.20. The van der Waals surface area contributed by atoms with Crippen LogP contribution in [0.25, 0.3) is 0 Å². The molecule has 0 aliphatic heterocycles. The van der Waals surface area contributed by atoms with E-state index < -0.39 is 0 Å². The number of rotatable bonds is 4. The van der Waals surface area contributed by atoms with E-state index in [4.69, 9.17) is 16.3 Å². The minimum atomic E-state index is 0.190. The third-order valence-electron chi connectivity index (χ3n) is 2.52. The fraction of sp³-hybridized carbons (Fsp3) is 0.417. The molecule has 0 aliphatic rings. The molecule has 18 heavy (non-hydrogen) atoms. The molecule has 0 unspecified atom stereocenters. The molecule has 5 nitrogen and oxygen atoms in total. The number of halogens is 1. The Morgan fingerprint density at radius 2 is 2.17 bits per heavy atom. The smallest absolute Gasteiger partial charge is 0.227 e. The molecule has 2 heterocycles. The summed E-state index contributed by atoms with van der Waals surface area (Å²) in [6, 6.07) is 0. The molecule has 0 fully saturated rings. The Hall–Kier alpha value is -1.62. The zero-order chi connectivity index (χ0) is 13.1. The van der Waals surface area contributed by atoms with E-state index >= 15 is 0 Å². The zero-order valence-corrected chi connectivity index (χ0v) is 11.3. The molecule has 0 N–H and O–H groups in total. The van der Waals surface area contributed by atoms with Gasteiger partial charge in [-0.1, -0.05) is 25.4 Å². The highest BCUT2D eigenvalue weighted by Gasteiger charge is 2.16. The summed E-state index contributed by atoms with van der Waals surface area (Å²) in [5, 5.41) is 4.57. The Labute approximate surface area is 111 Å². The molecule has 0 atom stereocenters. The molecular weight excluding hydrogens is 252 g/mol. The Balaban J connectivity index is 2.31. The second kappa shape index (κ2) is 5.35. The van der Waals surface area contributed by atoms with Gasteiger partial charge in [-0.25, -0.2) is 9.97 Å². The van der Waals surface area contributed by atoms with Crippen LogP contribution in [-0.2, 0) is 6.54 Å². The van der Waals surface area contributed by atoms with Crippen molar-refractivity contribution in [3.05, 3.63) is 29.4 Å². The molecule has 2 rings (SSSR count). The van der Waals surface area contributed by atoms with Gasteiger partial charge in [0.2, 0.25) is 5.88 Å². The predicted octanol–water partition coefficient (Wildman–Crippen LogP) is 3.26. The van der Waals surface area contributed by atoms with Crippen molar-refractivity contribution in [1.82, 2.24) is 19.7 Å². The highest BCUT2D eigenvalue weighted by molar-refractivity contribution is 6.30. The largest absolute Gasteiger partial charge is 0.435 e. The van der Waals surface area contributed by atoms with Crippen LogP contribution in [0.4, 0.5) is 0 Å². The van der Waals surface area contributed by atoms with Gasteiger partial charge >= 0.3 is 0 Å². The second-order valence-electron chi connectivity index (χ2n) is 4.17. The second-order valence-corrected chi connectivity index (χ2v) is 4.53. The first-order valence-electron chi connectivity index (χ1n) is 5.82. The monoisotopic (exact) mass is 266 g/mol. The zero-order valence-electron chi connectivity index (χ0n) is 10.6. The van der Waals surface area contributed by atoms with Crippen molar-refractivity contribution in [2.75, 3.05) is 0 Å². The predicted molar refractivity (Wildman–Crippen MR) is 69.1 cm³/mol. The molecule has 6 heteroatoms. The van der Waals surface area contributed by atoms with Crippen LogP contribution in [0.1, 0.15) is 32.3 Å². The van der Waals surface area contributed by atoms with Crippen LogP contribution in [0, 0.1) is 0 Å². The Bertz CT molecular complexity index is 539. The number of nitrogens with zero attached hydrogens (tertiary/aromatic N) is 4. The molecular formula is C12H15ClN4O. The van der Waals surface area contributed by atoms with Gasteiger partial charge in [0.1, 0.15) is 11.5 Å².